The van der Waals surface area contributed by atoms with Crippen LogP contribution < -0.4 is 15.1 Å². The molecule has 1 N–H and O–H groups in total. The Morgan fingerprint density at radius 1 is 1.00 bits per heavy atom. The second-order valence-corrected chi connectivity index (χ2v) is 7.44. The van der Waals surface area contributed by atoms with E-state index < -0.39 is 0 Å². The molecule has 7 nitrogen and oxygen atoms in total. The van der Waals surface area contributed by atoms with E-state index in [4.69, 9.17) is 9.72 Å². The summed E-state index contributed by atoms with van der Waals surface area (Å²) in [4.78, 5) is 9.29. The summed E-state index contributed by atoms with van der Waals surface area (Å²) in [6, 6.07) is 17.0. The van der Waals surface area contributed by atoms with Crippen LogP contribution in [0.2, 0.25) is 0 Å². The molecule has 29 heavy (non-hydrogen) atoms. The number of aromatic nitrogens is 3. The first-order valence-electron chi connectivity index (χ1n) is 10.1. The van der Waals surface area contributed by atoms with Gasteiger partial charge in [0, 0.05) is 24.8 Å². The van der Waals surface area contributed by atoms with Gasteiger partial charge >= 0.3 is 0 Å². The van der Waals surface area contributed by atoms with E-state index in [0.29, 0.717) is 17.8 Å². The van der Waals surface area contributed by atoms with Crippen molar-refractivity contribution in [2.45, 2.75) is 19.4 Å². The van der Waals surface area contributed by atoms with Gasteiger partial charge in [0.1, 0.15) is 0 Å². The minimum Gasteiger partial charge on any atom is -0.378 e. The highest BCUT2D eigenvalue weighted by molar-refractivity contribution is 5.75. The first kappa shape index (κ1) is 17.9. The molecular weight excluding hydrogens is 364 g/mol. The molecule has 1 saturated heterocycles. The van der Waals surface area contributed by atoms with Crippen LogP contribution in [0.5, 0.6) is 0 Å². The van der Waals surface area contributed by atoms with Crippen LogP contribution in [0.1, 0.15) is 12.5 Å². The fourth-order valence-corrected chi connectivity index (χ4v) is 4.12. The Morgan fingerprint density at radius 3 is 2.62 bits per heavy atom. The Bertz CT molecular complexity index is 1000. The third kappa shape index (κ3) is 3.49. The standard InChI is InChI=1S/C22H24N6O/c1-16-14-17-6-2-4-8-19(17)28(16)22-25-21(15-23-26-22)24-18-7-3-5-9-20(18)27-10-12-29-13-11-27/h2-9,15-16H,10-14H2,1H3,(H,24,25,26). The van der Waals surface area contributed by atoms with Crippen molar-refractivity contribution in [1.29, 1.82) is 0 Å². The fraction of sp³-hybridized carbons (Fsp3) is 0.318. The minimum atomic E-state index is 0.296. The summed E-state index contributed by atoms with van der Waals surface area (Å²) in [5, 5.41) is 12.0. The molecule has 3 heterocycles. The van der Waals surface area contributed by atoms with Crippen LogP contribution >= 0.6 is 0 Å². The quantitative estimate of drug-likeness (QED) is 0.733. The summed E-state index contributed by atoms with van der Waals surface area (Å²) in [5.41, 5.74) is 4.64. The highest BCUT2D eigenvalue weighted by Gasteiger charge is 2.29. The molecule has 7 heteroatoms. The van der Waals surface area contributed by atoms with Gasteiger partial charge < -0.3 is 19.9 Å². The summed E-state index contributed by atoms with van der Waals surface area (Å²) < 4.78 is 5.49. The molecule has 1 fully saturated rings. The summed E-state index contributed by atoms with van der Waals surface area (Å²) in [5.74, 6) is 1.31. The summed E-state index contributed by atoms with van der Waals surface area (Å²) in [6.45, 7) is 5.46. The second-order valence-electron chi connectivity index (χ2n) is 7.44. The van der Waals surface area contributed by atoms with Gasteiger partial charge in [-0.1, -0.05) is 30.3 Å². The number of fused-ring (bicyclic) bond motifs is 1. The maximum atomic E-state index is 5.49. The van der Waals surface area contributed by atoms with E-state index in [9.17, 15) is 0 Å². The fourth-order valence-electron chi connectivity index (χ4n) is 4.12. The van der Waals surface area contributed by atoms with Crippen molar-refractivity contribution in [2.24, 2.45) is 0 Å². The Hall–Kier alpha value is -3.19. The van der Waals surface area contributed by atoms with Crippen molar-refractivity contribution in [3.63, 3.8) is 0 Å². The number of hydrogen-bond acceptors (Lipinski definition) is 7. The molecule has 0 radical (unpaired) electrons. The summed E-state index contributed by atoms with van der Waals surface area (Å²) in [7, 11) is 0. The molecule has 1 aromatic heterocycles. The maximum Gasteiger partial charge on any atom is 0.252 e. The van der Waals surface area contributed by atoms with E-state index in [1.54, 1.807) is 6.20 Å². The zero-order chi connectivity index (χ0) is 19.6. The highest BCUT2D eigenvalue weighted by Crippen LogP contribution is 2.36. The van der Waals surface area contributed by atoms with Gasteiger partial charge in [0.05, 0.1) is 30.8 Å². The zero-order valence-corrected chi connectivity index (χ0v) is 16.5. The Morgan fingerprint density at radius 2 is 1.76 bits per heavy atom. The molecule has 2 aliphatic rings. The average molecular weight is 388 g/mol. The lowest BCUT2D eigenvalue weighted by Crippen LogP contribution is -2.36. The highest BCUT2D eigenvalue weighted by atomic mass is 16.5. The van der Waals surface area contributed by atoms with Crippen molar-refractivity contribution in [3.8, 4) is 0 Å². The Kier molecular flexibility index (Phi) is 4.73. The Balaban J connectivity index is 1.43. The molecule has 148 valence electrons. The smallest absolute Gasteiger partial charge is 0.252 e. The first-order chi connectivity index (χ1) is 14.3. The van der Waals surface area contributed by atoms with Gasteiger partial charge in [0.15, 0.2) is 5.82 Å². The van der Waals surface area contributed by atoms with Crippen LogP contribution in [-0.2, 0) is 11.2 Å². The van der Waals surface area contributed by atoms with Crippen LogP contribution in [0.3, 0.4) is 0 Å². The number of morpholine rings is 1. The van der Waals surface area contributed by atoms with E-state index in [-0.39, 0.29) is 0 Å². The van der Waals surface area contributed by atoms with Gasteiger partial charge in [-0.25, -0.2) is 0 Å². The molecule has 3 aromatic rings. The van der Waals surface area contributed by atoms with Gasteiger partial charge in [0.2, 0.25) is 0 Å². The van der Waals surface area contributed by atoms with Crippen LogP contribution in [0.4, 0.5) is 28.8 Å². The lowest BCUT2D eigenvalue weighted by molar-refractivity contribution is 0.123. The second kappa shape index (κ2) is 7.67. The topological polar surface area (TPSA) is 66.4 Å². The lowest BCUT2D eigenvalue weighted by Gasteiger charge is -2.30. The van der Waals surface area contributed by atoms with Crippen LogP contribution in [0, 0.1) is 0 Å². The average Bonchev–Trinajstić information content (AvgIpc) is 3.11. The molecule has 1 unspecified atom stereocenters. The number of nitrogens with one attached hydrogen (secondary N) is 1. The Labute approximate surface area is 170 Å². The maximum absolute atomic E-state index is 5.49. The number of rotatable bonds is 4. The van der Waals surface area contributed by atoms with E-state index in [2.05, 4.69) is 74.7 Å². The largest absolute Gasteiger partial charge is 0.378 e. The van der Waals surface area contributed by atoms with Crippen molar-refractivity contribution in [3.05, 3.63) is 60.3 Å². The summed E-state index contributed by atoms with van der Waals surface area (Å²) in [6.07, 6.45) is 2.66. The molecule has 0 spiro atoms. The molecule has 2 aromatic carbocycles. The number of benzene rings is 2. The van der Waals surface area contributed by atoms with Gasteiger partial charge in [-0.05, 0) is 37.1 Å². The third-order valence-corrected chi connectivity index (χ3v) is 5.49. The first-order valence-corrected chi connectivity index (χ1v) is 10.1. The van der Waals surface area contributed by atoms with E-state index in [0.717, 1.165) is 49.8 Å². The molecule has 5 rings (SSSR count). The van der Waals surface area contributed by atoms with Crippen molar-refractivity contribution < 1.29 is 4.74 Å². The molecular formula is C22H24N6O. The molecule has 2 aliphatic heterocycles. The van der Waals surface area contributed by atoms with Gasteiger partial charge in [-0.2, -0.15) is 10.1 Å². The minimum absolute atomic E-state index is 0.296. The van der Waals surface area contributed by atoms with Gasteiger partial charge in [0.25, 0.3) is 5.95 Å². The predicted molar refractivity (Wildman–Crippen MR) is 114 cm³/mol. The SMILES string of the molecule is CC1Cc2ccccc2N1c1nncc(Nc2ccccc2N2CCOCC2)n1. The molecule has 0 amide bonds. The van der Waals surface area contributed by atoms with Crippen molar-refractivity contribution in [1.82, 2.24) is 15.2 Å². The van der Waals surface area contributed by atoms with Crippen LogP contribution in [-0.4, -0.2) is 47.5 Å². The van der Waals surface area contributed by atoms with E-state index in [1.807, 2.05) is 6.07 Å². The normalized spacial score (nSPS) is 18.6. The molecule has 0 aliphatic carbocycles. The molecule has 0 saturated carbocycles. The number of anilines is 5. The zero-order valence-electron chi connectivity index (χ0n) is 16.5. The van der Waals surface area contributed by atoms with Crippen molar-refractivity contribution in [2.75, 3.05) is 41.4 Å². The number of nitrogens with zero attached hydrogens (tertiary/aromatic N) is 5. The molecule has 0 bridgehead atoms. The molecule has 1 atom stereocenters. The summed E-state index contributed by atoms with van der Waals surface area (Å²) >= 11 is 0. The monoisotopic (exact) mass is 388 g/mol. The van der Waals surface area contributed by atoms with Crippen molar-refractivity contribution >= 4 is 28.8 Å². The van der Waals surface area contributed by atoms with E-state index in [1.165, 1.54) is 5.56 Å². The number of ether oxygens (including phenoxy) is 1. The van der Waals surface area contributed by atoms with E-state index >= 15 is 0 Å². The van der Waals surface area contributed by atoms with Crippen LogP contribution in [0.25, 0.3) is 0 Å². The van der Waals surface area contributed by atoms with Gasteiger partial charge in [-0.3, -0.25) is 0 Å². The lowest BCUT2D eigenvalue weighted by atomic mass is 10.1. The third-order valence-electron chi connectivity index (χ3n) is 5.49. The van der Waals surface area contributed by atoms with Gasteiger partial charge in [-0.15, -0.1) is 5.10 Å². The predicted octanol–water partition coefficient (Wildman–Crippen LogP) is 3.53. The number of para-hydroxylation sites is 3. The van der Waals surface area contributed by atoms with Crippen LogP contribution in [0.15, 0.2) is 54.7 Å². The number of hydrogen-bond donors (Lipinski definition) is 1.